The van der Waals surface area contributed by atoms with E-state index < -0.39 is 0 Å². The second kappa shape index (κ2) is 4.09. The zero-order chi connectivity index (χ0) is 11.7. The summed E-state index contributed by atoms with van der Waals surface area (Å²) in [4.78, 5) is 25.3. The van der Waals surface area contributed by atoms with Crippen LogP contribution >= 0.6 is 11.3 Å². The van der Waals surface area contributed by atoms with Gasteiger partial charge in [-0.25, -0.2) is 4.79 Å². The Morgan fingerprint density at radius 2 is 2.12 bits per heavy atom. The average molecular weight is 236 g/mol. The number of H-pyrrole nitrogens is 1. The van der Waals surface area contributed by atoms with Crippen LogP contribution in [0, 0.1) is 0 Å². The van der Waals surface area contributed by atoms with Crippen molar-refractivity contribution in [3.05, 3.63) is 43.7 Å². The van der Waals surface area contributed by atoms with E-state index in [1.54, 1.807) is 4.57 Å². The Balaban J connectivity index is 2.78. The van der Waals surface area contributed by atoms with Crippen LogP contribution in [0.5, 0.6) is 0 Å². The molecule has 0 fully saturated rings. The minimum atomic E-state index is -0.358. The van der Waals surface area contributed by atoms with Crippen LogP contribution in [0.2, 0.25) is 0 Å². The van der Waals surface area contributed by atoms with Crippen molar-refractivity contribution in [1.82, 2.24) is 9.55 Å². The molecule has 0 aliphatic rings. The van der Waals surface area contributed by atoms with Gasteiger partial charge in [0, 0.05) is 23.1 Å². The molecule has 1 N–H and O–H groups in total. The third kappa shape index (κ3) is 1.86. The molecule has 0 aliphatic heterocycles. The van der Waals surface area contributed by atoms with E-state index in [9.17, 15) is 9.59 Å². The summed E-state index contributed by atoms with van der Waals surface area (Å²) >= 11 is 1.54. The van der Waals surface area contributed by atoms with Crippen LogP contribution in [0.15, 0.2) is 32.5 Å². The monoisotopic (exact) mass is 236 g/mol. The Morgan fingerprint density at radius 3 is 2.69 bits per heavy atom. The van der Waals surface area contributed by atoms with E-state index in [2.05, 4.69) is 4.98 Å². The Kier molecular flexibility index (Phi) is 2.78. The first-order valence-corrected chi connectivity index (χ1v) is 5.92. The van der Waals surface area contributed by atoms with Gasteiger partial charge in [-0.3, -0.25) is 14.3 Å². The van der Waals surface area contributed by atoms with E-state index in [1.165, 1.54) is 17.4 Å². The van der Waals surface area contributed by atoms with Crippen LogP contribution in [0.4, 0.5) is 0 Å². The van der Waals surface area contributed by atoms with E-state index >= 15 is 0 Å². The second-order valence-electron chi connectivity index (χ2n) is 3.80. The Labute approximate surface area is 96.2 Å². The molecule has 0 atom stereocenters. The number of aromatic amines is 1. The third-order valence-electron chi connectivity index (χ3n) is 2.31. The average Bonchev–Trinajstić information content (AvgIpc) is 2.67. The molecule has 0 saturated carbocycles. The van der Waals surface area contributed by atoms with E-state index in [-0.39, 0.29) is 17.3 Å². The van der Waals surface area contributed by atoms with Gasteiger partial charge in [0.05, 0.1) is 5.69 Å². The predicted molar refractivity (Wildman–Crippen MR) is 65.0 cm³/mol. The molecule has 84 valence electrons. The van der Waals surface area contributed by atoms with Gasteiger partial charge in [0.15, 0.2) is 0 Å². The maximum absolute atomic E-state index is 11.7. The zero-order valence-corrected chi connectivity index (χ0v) is 9.88. The molecule has 2 aromatic rings. The summed E-state index contributed by atoms with van der Waals surface area (Å²) in [5.41, 5.74) is 0.860. The molecule has 0 radical (unpaired) electrons. The smallest absolute Gasteiger partial charge is 0.291 e. The van der Waals surface area contributed by atoms with Crippen LogP contribution in [0.1, 0.15) is 19.9 Å². The fourth-order valence-electron chi connectivity index (χ4n) is 1.65. The van der Waals surface area contributed by atoms with Crippen molar-refractivity contribution >= 4 is 11.3 Å². The van der Waals surface area contributed by atoms with E-state index in [0.717, 1.165) is 5.56 Å². The minimum Gasteiger partial charge on any atom is -0.291 e. The van der Waals surface area contributed by atoms with Crippen LogP contribution < -0.4 is 11.2 Å². The number of hydrogen-bond donors (Lipinski definition) is 1. The molecule has 0 spiro atoms. The van der Waals surface area contributed by atoms with Gasteiger partial charge in [-0.15, -0.1) is 0 Å². The third-order valence-corrected chi connectivity index (χ3v) is 2.99. The SMILES string of the molecule is CC(C)n1c(-c2ccsc2)cc(=O)[nH]c1=O. The molecule has 0 bridgehead atoms. The summed E-state index contributed by atoms with van der Waals surface area (Å²) in [5.74, 6) is 0. The molecule has 2 aromatic heterocycles. The van der Waals surface area contributed by atoms with E-state index in [0.29, 0.717) is 5.69 Å². The maximum atomic E-state index is 11.7. The molecule has 0 unspecified atom stereocenters. The van der Waals surface area contributed by atoms with Crippen molar-refractivity contribution in [2.45, 2.75) is 19.9 Å². The highest BCUT2D eigenvalue weighted by Gasteiger charge is 2.10. The first-order chi connectivity index (χ1) is 7.59. The molecule has 4 nitrogen and oxygen atoms in total. The number of nitrogens with zero attached hydrogens (tertiary/aromatic N) is 1. The largest absolute Gasteiger partial charge is 0.329 e. The molecule has 2 rings (SSSR count). The highest BCUT2D eigenvalue weighted by atomic mass is 32.1. The molecule has 0 amide bonds. The van der Waals surface area contributed by atoms with Gasteiger partial charge in [0.25, 0.3) is 5.56 Å². The molecule has 0 aliphatic carbocycles. The highest BCUT2D eigenvalue weighted by Crippen LogP contribution is 2.21. The lowest BCUT2D eigenvalue weighted by molar-refractivity contribution is 0.568. The minimum absolute atomic E-state index is 0.0132. The Hall–Kier alpha value is -1.62. The van der Waals surface area contributed by atoms with Crippen molar-refractivity contribution in [2.75, 3.05) is 0 Å². The maximum Gasteiger partial charge on any atom is 0.329 e. The summed E-state index contributed by atoms with van der Waals surface area (Å²) in [7, 11) is 0. The first-order valence-electron chi connectivity index (χ1n) is 4.98. The van der Waals surface area contributed by atoms with Crippen LogP contribution in [-0.4, -0.2) is 9.55 Å². The van der Waals surface area contributed by atoms with Crippen molar-refractivity contribution in [3.63, 3.8) is 0 Å². The van der Waals surface area contributed by atoms with Crippen molar-refractivity contribution in [1.29, 1.82) is 0 Å². The quantitative estimate of drug-likeness (QED) is 0.865. The standard InChI is InChI=1S/C11H12N2O2S/c1-7(2)13-9(8-3-4-16-6-8)5-10(14)12-11(13)15/h3-7H,1-2H3,(H,12,14,15). The summed E-state index contributed by atoms with van der Waals surface area (Å²) in [6.45, 7) is 3.82. The van der Waals surface area contributed by atoms with Gasteiger partial charge < -0.3 is 0 Å². The fraction of sp³-hybridized carbons (Fsp3) is 0.273. The lowest BCUT2D eigenvalue weighted by Crippen LogP contribution is -2.31. The van der Waals surface area contributed by atoms with Crippen molar-refractivity contribution < 1.29 is 0 Å². The van der Waals surface area contributed by atoms with Crippen molar-refractivity contribution in [3.8, 4) is 11.3 Å². The molecule has 5 heteroatoms. The van der Waals surface area contributed by atoms with Crippen LogP contribution in [-0.2, 0) is 0 Å². The molecular weight excluding hydrogens is 224 g/mol. The first kappa shape index (κ1) is 10.9. The lowest BCUT2D eigenvalue weighted by Gasteiger charge is -2.14. The van der Waals surface area contributed by atoms with Gasteiger partial charge >= 0.3 is 5.69 Å². The summed E-state index contributed by atoms with van der Waals surface area (Å²) in [6.07, 6.45) is 0. The predicted octanol–water partition coefficient (Wildman–Crippen LogP) is 1.85. The van der Waals surface area contributed by atoms with Crippen LogP contribution in [0.25, 0.3) is 11.3 Å². The Bertz CT molecular complexity index is 593. The summed E-state index contributed by atoms with van der Waals surface area (Å²) < 4.78 is 1.59. The van der Waals surface area contributed by atoms with Gasteiger partial charge in [0.2, 0.25) is 0 Å². The van der Waals surface area contributed by atoms with Gasteiger partial charge in [0.1, 0.15) is 0 Å². The molecule has 2 heterocycles. The topological polar surface area (TPSA) is 54.9 Å². The second-order valence-corrected chi connectivity index (χ2v) is 4.58. The van der Waals surface area contributed by atoms with Gasteiger partial charge in [-0.2, -0.15) is 11.3 Å². The van der Waals surface area contributed by atoms with E-state index in [4.69, 9.17) is 0 Å². The number of aromatic nitrogens is 2. The number of nitrogens with one attached hydrogen (secondary N) is 1. The molecule has 16 heavy (non-hydrogen) atoms. The Morgan fingerprint density at radius 1 is 1.38 bits per heavy atom. The molecular formula is C11H12N2O2S. The molecule has 0 aromatic carbocycles. The van der Waals surface area contributed by atoms with Gasteiger partial charge in [-0.05, 0) is 25.3 Å². The van der Waals surface area contributed by atoms with Crippen LogP contribution in [0.3, 0.4) is 0 Å². The fourth-order valence-corrected chi connectivity index (χ4v) is 2.30. The van der Waals surface area contributed by atoms with Crippen molar-refractivity contribution in [2.24, 2.45) is 0 Å². The lowest BCUT2D eigenvalue weighted by atomic mass is 10.2. The zero-order valence-electron chi connectivity index (χ0n) is 9.06. The normalized spacial score (nSPS) is 10.9. The van der Waals surface area contributed by atoms with E-state index in [1.807, 2.05) is 30.7 Å². The van der Waals surface area contributed by atoms with Gasteiger partial charge in [-0.1, -0.05) is 0 Å². The number of hydrogen-bond acceptors (Lipinski definition) is 3. The number of rotatable bonds is 2. The molecule has 0 saturated heterocycles. The highest BCUT2D eigenvalue weighted by molar-refractivity contribution is 7.08. The summed E-state index contributed by atoms with van der Waals surface area (Å²) in [5, 5.41) is 3.85. The number of thiophene rings is 1. The summed E-state index contributed by atoms with van der Waals surface area (Å²) in [6, 6.07) is 3.38.